The predicted octanol–water partition coefficient (Wildman–Crippen LogP) is 9.19. The zero-order valence-electron chi connectivity index (χ0n) is 24.3. The van der Waals surface area contributed by atoms with Crippen molar-refractivity contribution >= 4 is 29.2 Å². The van der Waals surface area contributed by atoms with Crippen molar-refractivity contribution < 1.29 is 4.79 Å². The van der Waals surface area contributed by atoms with Crippen molar-refractivity contribution in [1.29, 1.82) is 0 Å². The van der Waals surface area contributed by atoms with Crippen LogP contribution in [0.15, 0.2) is 59.2 Å². The van der Waals surface area contributed by atoms with Gasteiger partial charge >= 0.3 is 5.84 Å². The zero-order valence-corrected chi connectivity index (χ0v) is 24.3. The third kappa shape index (κ3) is 9.10. The summed E-state index contributed by atoms with van der Waals surface area (Å²) in [7, 11) is 0. The molecule has 0 saturated heterocycles. The van der Waals surface area contributed by atoms with Gasteiger partial charge in [0, 0.05) is 18.8 Å². The molecule has 5 nitrogen and oxygen atoms in total. The number of nitrogens with zero attached hydrogens (tertiary/aromatic N) is 4. The van der Waals surface area contributed by atoms with Gasteiger partial charge in [-0.1, -0.05) is 115 Å². The van der Waals surface area contributed by atoms with Crippen LogP contribution >= 0.6 is 0 Å². The lowest BCUT2D eigenvalue weighted by Gasteiger charge is -2.26. The van der Waals surface area contributed by atoms with Crippen LogP contribution < -0.4 is 9.91 Å². The minimum Gasteiger partial charge on any atom is -0.372 e. The number of rotatable bonds is 17. The number of hydrogen-bond acceptors (Lipinski definition) is 3. The van der Waals surface area contributed by atoms with Crippen LogP contribution in [-0.2, 0) is 4.79 Å². The SMILES string of the molecule is [C-]#[N+]C1=NN(c2ccccc2)C(=O)C1=Cc1ccc(N(CCCCCCCC)CCCCCCCC)cc1C. The lowest BCUT2D eigenvalue weighted by Crippen LogP contribution is -2.26. The van der Waals surface area contributed by atoms with Crippen molar-refractivity contribution in [1.82, 2.24) is 0 Å². The molecule has 1 heterocycles. The maximum absolute atomic E-state index is 13.2. The minimum atomic E-state index is -0.261. The number of carbonyl (C=O) groups is 1. The van der Waals surface area contributed by atoms with E-state index in [9.17, 15) is 4.79 Å². The molecule has 0 fully saturated rings. The van der Waals surface area contributed by atoms with Crippen LogP contribution in [0, 0.1) is 13.5 Å². The number of para-hydroxylation sites is 1. The molecule has 1 aliphatic heterocycles. The van der Waals surface area contributed by atoms with E-state index in [0.29, 0.717) is 11.3 Å². The summed E-state index contributed by atoms with van der Waals surface area (Å²) in [6, 6.07) is 15.8. The molecular weight excluding hydrogens is 480 g/mol. The average molecular weight is 527 g/mol. The summed E-state index contributed by atoms with van der Waals surface area (Å²) >= 11 is 0. The van der Waals surface area contributed by atoms with Crippen LogP contribution in [0.2, 0.25) is 0 Å². The molecule has 0 unspecified atom stereocenters. The second-order valence-electron chi connectivity index (χ2n) is 10.6. The number of hydrogen-bond donors (Lipinski definition) is 0. The minimum absolute atomic E-state index is 0.139. The normalized spacial score (nSPS) is 14.1. The Morgan fingerprint density at radius 2 is 1.44 bits per heavy atom. The van der Waals surface area contributed by atoms with Crippen LogP contribution in [0.25, 0.3) is 10.9 Å². The number of amides is 1. The molecule has 0 aliphatic carbocycles. The van der Waals surface area contributed by atoms with E-state index >= 15 is 0 Å². The van der Waals surface area contributed by atoms with Gasteiger partial charge in [0.2, 0.25) is 0 Å². The van der Waals surface area contributed by atoms with E-state index in [4.69, 9.17) is 6.57 Å². The van der Waals surface area contributed by atoms with E-state index in [2.05, 4.69) is 53.8 Å². The van der Waals surface area contributed by atoms with Crippen molar-refractivity contribution in [2.24, 2.45) is 5.10 Å². The third-order valence-corrected chi connectivity index (χ3v) is 7.45. The lowest BCUT2D eigenvalue weighted by atomic mass is 10.0. The number of unbranched alkanes of at least 4 members (excludes halogenated alkanes) is 10. The fourth-order valence-corrected chi connectivity index (χ4v) is 5.07. The number of carbonyl (C=O) groups excluding carboxylic acids is 1. The van der Waals surface area contributed by atoms with Gasteiger partial charge in [-0.2, -0.15) is 0 Å². The Bertz CT molecular complexity index is 1130. The fourth-order valence-electron chi connectivity index (χ4n) is 5.07. The Labute approximate surface area is 236 Å². The molecule has 2 aromatic rings. The molecule has 0 radical (unpaired) electrons. The molecule has 208 valence electrons. The largest absolute Gasteiger partial charge is 0.372 e. The van der Waals surface area contributed by atoms with Crippen LogP contribution in [0.1, 0.15) is 102 Å². The highest BCUT2D eigenvalue weighted by atomic mass is 16.2. The van der Waals surface area contributed by atoms with Gasteiger partial charge in [-0.3, -0.25) is 4.79 Å². The van der Waals surface area contributed by atoms with Gasteiger partial charge in [-0.05, 0) is 60.3 Å². The van der Waals surface area contributed by atoms with Crippen LogP contribution in [0.3, 0.4) is 0 Å². The van der Waals surface area contributed by atoms with Gasteiger partial charge in [-0.15, -0.1) is 5.01 Å². The molecule has 0 spiro atoms. The topological polar surface area (TPSA) is 40.3 Å². The van der Waals surface area contributed by atoms with Gasteiger partial charge in [0.05, 0.1) is 11.3 Å². The standard InChI is InChI=1S/C34H46N4O/c1-5-7-9-11-13-18-24-37(25-19-14-12-10-8-6-2)31-23-22-29(28(3)26-31)27-32-33(35-4)36-38(34(32)39)30-20-16-15-17-21-30/h15-17,20-23,26-27H,5-14,18-19,24-25H2,1-3H3. The molecule has 0 bridgehead atoms. The molecule has 5 heteroatoms. The van der Waals surface area contributed by atoms with Crippen molar-refractivity contribution in [2.45, 2.75) is 97.8 Å². The molecule has 39 heavy (non-hydrogen) atoms. The van der Waals surface area contributed by atoms with Crippen molar-refractivity contribution in [3.8, 4) is 0 Å². The highest BCUT2D eigenvalue weighted by Gasteiger charge is 2.34. The number of hydrazone groups is 1. The van der Waals surface area contributed by atoms with Crippen molar-refractivity contribution in [3.63, 3.8) is 0 Å². The van der Waals surface area contributed by atoms with Crippen molar-refractivity contribution in [2.75, 3.05) is 23.0 Å². The highest BCUT2D eigenvalue weighted by molar-refractivity contribution is 6.34. The quantitative estimate of drug-likeness (QED) is 0.117. The zero-order chi connectivity index (χ0) is 27.9. The molecule has 0 saturated carbocycles. The Hall–Kier alpha value is -3.39. The molecule has 0 atom stereocenters. The first kappa shape index (κ1) is 30.2. The average Bonchev–Trinajstić information content (AvgIpc) is 3.27. The summed E-state index contributed by atoms with van der Waals surface area (Å²) in [4.78, 5) is 19.3. The lowest BCUT2D eigenvalue weighted by molar-refractivity contribution is -0.114. The van der Waals surface area contributed by atoms with E-state index in [1.165, 1.54) is 87.7 Å². The highest BCUT2D eigenvalue weighted by Crippen LogP contribution is 2.28. The van der Waals surface area contributed by atoms with Crippen LogP contribution in [0.5, 0.6) is 0 Å². The maximum Gasteiger partial charge on any atom is 0.307 e. The number of benzene rings is 2. The fraction of sp³-hybridized carbons (Fsp3) is 0.500. The molecule has 0 N–H and O–H groups in total. The summed E-state index contributed by atoms with van der Waals surface area (Å²) < 4.78 is 0. The first-order chi connectivity index (χ1) is 19.1. The molecule has 0 aromatic heterocycles. The smallest absolute Gasteiger partial charge is 0.307 e. The summed E-state index contributed by atoms with van der Waals surface area (Å²) in [5.41, 5.74) is 4.32. The Balaban J connectivity index is 1.72. The van der Waals surface area contributed by atoms with E-state index in [1.54, 1.807) is 0 Å². The molecule has 1 aliphatic rings. The maximum atomic E-state index is 13.2. The van der Waals surface area contributed by atoms with E-state index in [0.717, 1.165) is 24.2 Å². The Morgan fingerprint density at radius 3 is 2.00 bits per heavy atom. The summed E-state index contributed by atoms with van der Waals surface area (Å²) in [5.74, 6) is -0.122. The first-order valence-corrected chi connectivity index (χ1v) is 15.0. The Morgan fingerprint density at radius 1 is 0.846 bits per heavy atom. The summed E-state index contributed by atoms with van der Waals surface area (Å²) in [5, 5.41) is 5.63. The van der Waals surface area contributed by atoms with Crippen LogP contribution in [0.4, 0.5) is 11.4 Å². The predicted molar refractivity (Wildman–Crippen MR) is 166 cm³/mol. The van der Waals surface area contributed by atoms with E-state index < -0.39 is 0 Å². The van der Waals surface area contributed by atoms with Crippen LogP contribution in [-0.4, -0.2) is 24.8 Å². The van der Waals surface area contributed by atoms with Gasteiger partial charge in [0.15, 0.2) is 0 Å². The number of aryl methyl sites for hydroxylation is 1. The van der Waals surface area contributed by atoms with Gasteiger partial charge < -0.3 is 9.74 Å². The molecule has 1 amide bonds. The molecule has 3 rings (SSSR count). The monoisotopic (exact) mass is 526 g/mol. The summed E-state index contributed by atoms with van der Waals surface area (Å²) in [6.07, 6.45) is 17.4. The van der Waals surface area contributed by atoms with Gasteiger partial charge in [-0.25, -0.2) is 0 Å². The number of amidine groups is 1. The molecular formula is C34H46N4O. The second kappa shape index (κ2) is 16.5. The molecule has 2 aromatic carbocycles. The first-order valence-electron chi connectivity index (χ1n) is 15.0. The van der Waals surface area contributed by atoms with Gasteiger partial charge in [0.25, 0.3) is 5.91 Å². The van der Waals surface area contributed by atoms with E-state index in [1.807, 2.05) is 36.4 Å². The van der Waals surface area contributed by atoms with Gasteiger partial charge in [0.1, 0.15) is 0 Å². The Kier molecular flexibility index (Phi) is 12.8. The number of anilines is 2. The third-order valence-electron chi connectivity index (χ3n) is 7.45. The van der Waals surface area contributed by atoms with Crippen molar-refractivity contribution in [3.05, 3.63) is 76.6 Å². The summed E-state index contributed by atoms with van der Waals surface area (Å²) in [6.45, 7) is 16.4. The van der Waals surface area contributed by atoms with E-state index in [-0.39, 0.29) is 11.7 Å². The second-order valence-corrected chi connectivity index (χ2v) is 10.6.